The van der Waals surface area contributed by atoms with Crippen molar-refractivity contribution >= 4 is 17.7 Å². The summed E-state index contributed by atoms with van der Waals surface area (Å²) in [6.07, 6.45) is 3.64. The highest BCUT2D eigenvalue weighted by Crippen LogP contribution is 2.22. The minimum Gasteiger partial charge on any atom is -0.295 e. The molecule has 2 rings (SSSR count). The molecule has 1 amide bonds. The van der Waals surface area contributed by atoms with E-state index in [1.807, 2.05) is 10.8 Å². The SMILES string of the molecule is CON(C)C(=O)CSc1nccn1-c1cc(C)cc(C)c1. The Labute approximate surface area is 128 Å². The van der Waals surface area contributed by atoms with Gasteiger partial charge in [-0.05, 0) is 37.1 Å². The van der Waals surface area contributed by atoms with Crippen LogP contribution in [0.15, 0.2) is 35.7 Å². The Kier molecular flexibility index (Phi) is 5.03. The van der Waals surface area contributed by atoms with Crippen molar-refractivity contribution < 1.29 is 9.63 Å². The predicted octanol–water partition coefficient (Wildman–Crippen LogP) is 2.60. The lowest BCUT2D eigenvalue weighted by molar-refractivity contribution is -0.165. The zero-order chi connectivity index (χ0) is 15.4. The van der Waals surface area contributed by atoms with E-state index >= 15 is 0 Å². The summed E-state index contributed by atoms with van der Waals surface area (Å²) in [5, 5.41) is 2.01. The number of amides is 1. The van der Waals surface area contributed by atoms with Gasteiger partial charge in [0, 0.05) is 25.1 Å². The summed E-state index contributed by atoms with van der Waals surface area (Å²) in [6, 6.07) is 6.33. The van der Waals surface area contributed by atoms with E-state index in [1.54, 1.807) is 13.2 Å². The molecule has 112 valence electrons. The average molecular weight is 305 g/mol. The smallest absolute Gasteiger partial charge is 0.256 e. The molecule has 0 N–H and O–H groups in total. The van der Waals surface area contributed by atoms with Gasteiger partial charge in [0.15, 0.2) is 5.16 Å². The average Bonchev–Trinajstić information content (AvgIpc) is 2.91. The number of hydrogen-bond donors (Lipinski definition) is 0. The Bertz CT molecular complexity index is 619. The Hall–Kier alpha value is -1.79. The summed E-state index contributed by atoms with van der Waals surface area (Å²) in [4.78, 5) is 21.0. The standard InChI is InChI=1S/C15H19N3O2S/c1-11-7-12(2)9-13(8-11)18-6-5-16-15(18)21-10-14(19)17(3)20-4/h5-9H,10H2,1-4H3. The van der Waals surface area contributed by atoms with Crippen molar-refractivity contribution in [2.24, 2.45) is 0 Å². The molecule has 5 nitrogen and oxygen atoms in total. The van der Waals surface area contributed by atoms with Gasteiger partial charge in [-0.3, -0.25) is 14.2 Å². The monoisotopic (exact) mass is 305 g/mol. The van der Waals surface area contributed by atoms with Crippen molar-refractivity contribution in [1.29, 1.82) is 0 Å². The molecular formula is C15H19N3O2S. The first-order valence-corrected chi connectivity index (χ1v) is 7.55. The molecule has 0 aliphatic carbocycles. The number of aromatic nitrogens is 2. The molecule has 1 heterocycles. The Balaban J connectivity index is 2.17. The number of aryl methyl sites for hydroxylation is 2. The number of imidazole rings is 1. The van der Waals surface area contributed by atoms with Crippen LogP contribution < -0.4 is 0 Å². The van der Waals surface area contributed by atoms with Gasteiger partial charge in [0.25, 0.3) is 5.91 Å². The van der Waals surface area contributed by atoms with Crippen molar-refractivity contribution in [2.45, 2.75) is 19.0 Å². The van der Waals surface area contributed by atoms with Gasteiger partial charge < -0.3 is 0 Å². The highest BCUT2D eigenvalue weighted by Gasteiger charge is 2.12. The van der Waals surface area contributed by atoms with E-state index in [9.17, 15) is 4.79 Å². The molecule has 0 atom stereocenters. The topological polar surface area (TPSA) is 47.4 Å². The first-order chi connectivity index (χ1) is 10.0. The third-order valence-electron chi connectivity index (χ3n) is 3.04. The van der Waals surface area contributed by atoms with Crippen LogP contribution in [0, 0.1) is 13.8 Å². The minimum absolute atomic E-state index is 0.0996. The number of nitrogens with zero attached hydrogens (tertiary/aromatic N) is 3. The van der Waals surface area contributed by atoms with E-state index in [2.05, 4.69) is 37.0 Å². The van der Waals surface area contributed by atoms with Crippen molar-refractivity contribution in [1.82, 2.24) is 14.6 Å². The first kappa shape index (κ1) is 15.6. The molecule has 0 aliphatic rings. The fourth-order valence-electron chi connectivity index (χ4n) is 2.00. The molecule has 21 heavy (non-hydrogen) atoms. The molecule has 1 aromatic carbocycles. The van der Waals surface area contributed by atoms with Gasteiger partial charge in [-0.2, -0.15) is 0 Å². The second kappa shape index (κ2) is 6.78. The molecule has 0 spiro atoms. The normalized spacial score (nSPS) is 10.7. The lowest BCUT2D eigenvalue weighted by atomic mass is 10.1. The van der Waals surface area contributed by atoms with Gasteiger partial charge in [-0.15, -0.1) is 0 Å². The molecule has 0 saturated carbocycles. The minimum atomic E-state index is -0.0996. The van der Waals surface area contributed by atoms with Gasteiger partial charge in [-0.1, -0.05) is 17.8 Å². The molecule has 0 saturated heterocycles. The van der Waals surface area contributed by atoms with E-state index < -0.39 is 0 Å². The summed E-state index contributed by atoms with van der Waals surface area (Å²) >= 11 is 1.39. The number of thioether (sulfide) groups is 1. The van der Waals surface area contributed by atoms with Gasteiger partial charge in [0.05, 0.1) is 12.9 Å². The van der Waals surface area contributed by atoms with E-state index in [1.165, 1.54) is 35.1 Å². The van der Waals surface area contributed by atoms with Crippen LogP contribution in [-0.4, -0.2) is 40.4 Å². The zero-order valence-corrected chi connectivity index (χ0v) is 13.5. The molecule has 0 fully saturated rings. The van der Waals surface area contributed by atoms with Crippen LogP contribution in [0.1, 0.15) is 11.1 Å². The number of hydrogen-bond acceptors (Lipinski definition) is 4. The van der Waals surface area contributed by atoms with E-state index in [-0.39, 0.29) is 11.7 Å². The van der Waals surface area contributed by atoms with Crippen molar-refractivity contribution in [2.75, 3.05) is 19.9 Å². The predicted molar refractivity (Wildman–Crippen MR) is 83.5 cm³/mol. The third-order valence-corrected chi connectivity index (χ3v) is 3.99. The number of carbonyl (C=O) groups is 1. The van der Waals surface area contributed by atoms with Crippen LogP contribution in [0.3, 0.4) is 0 Å². The van der Waals surface area contributed by atoms with Crippen LogP contribution in [-0.2, 0) is 9.63 Å². The molecule has 0 radical (unpaired) electrons. The van der Waals surface area contributed by atoms with Gasteiger partial charge in [-0.25, -0.2) is 10.0 Å². The maximum absolute atomic E-state index is 11.8. The maximum Gasteiger partial charge on any atom is 0.256 e. The van der Waals surface area contributed by atoms with Crippen LogP contribution >= 0.6 is 11.8 Å². The highest BCUT2D eigenvalue weighted by atomic mass is 32.2. The van der Waals surface area contributed by atoms with Crippen molar-refractivity contribution in [3.05, 3.63) is 41.7 Å². The summed E-state index contributed by atoms with van der Waals surface area (Å²) < 4.78 is 1.99. The molecular weight excluding hydrogens is 286 g/mol. The molecule has 6 heteroatoms. The quantitative estimate of drug-likeness (QED) is 0.629. The second-order valence-electron chi connectivity index (χ2n) is 4.79. The molecule has 2 aromatic rings. The largest absolute Gasteiger partial charge is 0.295 e. The number of benzene rings is 1. The van der Waals surface area contributed by atoms with Crippen LogP contribution in [0.5, 0.6) is 0 Å². The fraction of sp³-hybridized carbons (Fsp3) is 0.333. The lowest BCUT2D eigenvalue weighted by Crippen LogP contribution is -2.27. The summed E-state index contributed by atoms with van der Waals surface area (Å²) in [7, 11) is 3.07. The molecule has 0 unspecified atom stereocenters. The molecule has 0 bridgehead atoms. The van der Waals surface area contributed by atoms with Crippen molar-refractivity contribution in [3.8, 4) is 5.69 Å². The van der Waals surface area contributed by atoms with Crippen LogP contribution in [0.25, 0.3) is 5.69 Å². The summed E-state index contributed by atoms with van der Waals surface area (Å²) in [5.41, 5.74) is 3.45. The lowest BCUT2D eigenvalue weighted by Gasteiger charge is -2.13. The Morgan fingerprint density at radius 3 is 2.62 bits per heavy atom. The number of hydroxylamine groups is 2. The number of carbonyl (C=O) groups excluding carboxylic acids is 1. The molecule has 0 aliphatic heterocycles. The molecule has 1 aromatic heterocycles. The summed E-state index contributed by atoms with van der Waals surface area (Å²) in [6.45, 7) is 4.13. The van der Waals surface area contributed by atoms with Gasteiger partial charge >= 0.3 is 0 Å². The van der Waals surface area contributed by atoms with Crippen molar-refractivity contribution in [3.63, 3.8) is 0 Å². The van der Waals surface area contributed by atoms with E-state index in [0.717, 1.165) is 10.8 Å². The summed E-state index contributed by atoms with van der Waals surface area (Å²) in [5.74, 6) is 0.184. The van der Waals surface area contributed by atoms with E-state index in [4.69, 9.17) is 4.84 Å². The fourth-order valence-corrected chi connectivity index (χ4v) is 2.88. The van der Waals surface area contributed by atoms with Gasteiger partial charge in [0.1, 0.15) is 0 Å². The maximum atomic E-state index is 11.8. The third kappa shape index (κ3) is 3.86. The first-order valence-electron chi connectivity index (χ1n) is 6.56. The van der Waals surface area contributed by atoms with Gasteiger partial charge in [0.2, 0.25) is 0 Å². The van der Waals surface area contributed by atoms with E-state index in [0.29, 0.717) is 0 Å². The van der Waals surface area contributed by atoms with Crippen LogP contribution in [0.2, 0.25) is 0 Å². The zero-order valence-electron chi connectivity index (χ0n) is 12.7. The Morgan fingerprint density at radius 1 is 1.33 bits per heavy atom. The highest BCUT2D eigenvalue weighted by molar-refractivity contribution is 7.99. The van der Waals surface area contributed by atoms with Crippen LogP contribution in [0.4, 0.5) is 0 Å². The second-order valence-corrected chi connectivity index (χ2v) is 5.73. The Morgan fingerprint density at radius 2 is 2.00 bits per heavy atom. The number of rotatable bonds is 5.